The van der Waals surface area contributed by atoms with E-state index in [4.69, 9.17) is 10.5 Å². The molecule has 1 heterocycles. The van der Waals surface area contributed by atoms with Crippen molar-refractivity contribution in [1.82, 2.24) is 4.90 Å². The number of carbonyl (C=O) groups excluding carboxylic acids is 1. The first-order chi connectivity index (χ1) is 7.19. The molecule has 4 heteroatoms. The van der Waals surface area contributed by atoms with E-state index >= 15 is 0 Å². The van der Waals surface area contributed by atoms with Gasteiger partial charge in [-0.25, -0.2) is 0 Å². The van der Waals surface area contributed by atoms with Crippen LogP contribution in [0.2, 0.25) is 0 Å². The molecule has 0 aromatic carbocycles. The molecule has 1 saturated heterocycles. The molecule has 0 saturated carbocycles. The standard InChI is InChI=1S/C11H22N2O2/c1-3-4-5-10(11(14)15-2)13-7-6-9(12)8-13/h9-10H,3-8,12H2,1-2H3. The third-order valence-electron chi connectivity index (χ3n) is 3.00. The number of likely N-dealkylation sites (tertiary alicyclic amines) is 1. The lowest BCUT2D eigenvalue weighted by molar-refractivity contribution is -0.146. The summed E-state index contributed by atoms with van der Waals surface area (Å²) < 4.78 is 4.84. The summed E-state index contributed by atoms with van der Waals surface area (Å²) in [7, 11) is 1.46. The van der Waals surface area contributed by atoms with E-state index in [0.717, 1.165) is 38.8 Å². The van der Waals surface area contributed by atoms with Crippen LogP contribution in [0.4, 0.5) is 0 Å². The Morgan fingerprint density at radius 2 is 2.40 bits per heavy atom. The van der Waals surface area contributed by atoms with Crippen LogP contribution in [0.15, 0.2) is 0 Å². The lowest BCUT2D eigenvalue weighted by Gasteiger charge is -2.25. The number of nitrogens with zero attached hydrogens (tertiary/aromatic N) is 1. The number of hydrogen-bond donors (Lipinski definition) is 1. The molecule has 1 fully saturated rings. The van der Waals surface area contributed by atoms with Gasteiger partial charge in [0.25, 0.3) is 0 Å². The van der Waals surface area contributed by atoms with Gasteiger partial charge in [-0.05, 0) is 12.8 Å². The lowest BCUT2D eigenvalue weighted by Crippen LogP contribution is -2.41. The van der Waals surface area contributed by atoms with Gasteiger partial charge in [0, 0.05) is 19.1 Å². The highest BCUT2D eigenvalue weighted by molar-refractivity contribution is 5.75. The van der Waals surface area contributed by atoms with E-state index in [0.29, 0.717) is 0 Å². The minimum absolute atomic E-state index is 0.0801. The van der Waals surface area contributed by atoms with Gasteiger partial charge in [-0.2, -0.15) is 0 Å². The molecule has 0 aromatic rings. The van der Waals surface area contributed by atoms with Crippen molar-refractivity contribution in [3.63, 3.8) is 0 Å². The number of hydrogen-bond acceptors (Lipinski definition) is 4. The van der Waals surface area contributed by atoms with E-state index in [2.05, 4.69) is 11.8 Å². The number of ether oxygens (including phenoxy) is 1. The fourth-order valence-electron chi connectivity index (χ4n) is 2.08. The zero-order chi connectivity index (χ0) is 11.3. The molecule has 4 nitrogen and oxygen atoms in total. The highest BCUT2D eigenvalue weighted by Gasteiger charge is 2.31. The quantitative estimate of drug-likeness (QED) is 0.686. The van der Waals surface area contributed by atoms with Crippen LogP contribution in [0.3, 0.4) is 0 Å². The maximum Gasteiger partial charge on any atom is 0.323 e. The van der Waals surface area contributed by atoms with Gasteiger partial charge in [0.1, 0.15) is 6.04 Å². The van der Waals surface area contributed by atoms with Crippen LogP contribution in [-0.2, 0) is 9.53 Å². The van der Waals surface area contributed by atoms with Gasteiger partial charge < -0.3 is 10.5 Å². The topological polar surface area (TPSA) is 55.6 Å². The van der Waals surface area contributed by atoms with Crippen LogP contribution in [-0.4, -0.2) is 43.2 Å². The fraction of sp³-hybridized carbons (Fsp3) is 0.909. The molecule has 0 radical (unpaired) electrons. The Labute approximate surface area is 91.8 Å². The second-order valence-corrected chi connectivity index (χ2v) is 4.22. The molecule has 1 aliphatic rings. The molecule has 2 atom stereocenters. The van der Waals surface area contributed by atoms with Gasteiger partial charge >= 0.3 is 5.97 Å². The maximum atomic E-state index is 11.6. The third-order valence-corrected chi connectivity index (χ3v) is 3.00. The van der Waals surface area contributed by atoms with Crippen molar-refractivity contribution in [2.75, 3.05) is 20.2 Å². The second kappa shape index (κ2) is 6.08. The van der Waals surface area contributed by atoms with Gasteiger partial charge in [-0.15, -0.1) is 0 Å². The summed E-state index contributed by atoms with van der Waals surface area (Å²) in [5.74, 6) is -0.113. The predicted octanol–water partition coefficient (Wildman–Crippen LogP) is 0.751. The molecule has 0 spiro atoms. The summed E-state index contributed by atoms with van der Waals surface area (Å²) in [5.41, 5.74) is 5.84. The highest BCUT2D eigenvalue weighted by atomic mass is 16.5. The normalized spacial score (nSPS) is 24.1. The van der Waals surface area contributed by atoms with Crippen molar-refractivity contribution in [2.24, 2.45) is 5.73 Å². The molecule has 0 aliphatic carbocycles. The highest BCUT2D eigenvalue weighted by Crippen LogP contribution is 2.16. The van der Waals surface area contributed by atoms with Crippen LogP contribution in [0.25, 0.3) is 0 Å². The van der Waals surface area contributed by atoms with Crippen molar-refractivity contribution in [2.45, 2.75) is 44.7 Å². The van der Waals surface area contributed by atoms with E-state index in [1.807, 2.05) is 0 Å². The number of nitrogens with two attached hydrogens (primary N) is 1. The Bertz CT molecular complexity index is 209. The minimum Gasteiger partial charge on any atom is -0.468 e. The van der Waals surface area contributed by atoms with Crippen molar-refractivity contribution in [1.29, 1.82) is 0 Å². The number of carbonyl (C=O) groups is 1. The predicted molar refractivity (Wildman–Crippen MR) is 59.5 cm³/mol. The number of methoxy groups -OCH3 is 1. The van der Waals surface area contributed by atoms with E-state index in [1.165, 1.54) is 7.11 Å². The summed E-state index contributed by atoms with van der Waals surface area (Å²) in [6, 6.07) is 0.141. The van der Waals surface area contributed by atoms with Gasteiger partial charge in [0.05, 0.1) is 7.11 Å². The van der Waals surface area contributed by atoms with Crippen molar-refractivity contribution >= 4 is 5.97 Å². The zero-order valence-electron chi connectivity index (χ0n) is 9.74. The molecule has 1 rings (SSSR count). The van der Waals surface area contributed by atoms with E-state index in [1.54, 1.807) is 0 Å². The van der Waals surface area contributed by atoms with Crippen LogP contribution in [0.5, 0.6) is 0 Å². The Morgan fingerprint density at radius 1 is 1.67 bits per heavy atom. The second-order valence-electron chi connectivity index (χ2n) is 4.22. The molecular formula is C11H22N2O2. The monoisotopic (exact) mass is 214 g/mol. The summed E-state index contributed by atoms with van der Waals surface area (Å²) >= 11 is 0. The molecule has 88 valence electrons. The first-order valence-corrected chi connectivity index (χ1v) is 5.76. The summed E-state index contributed by atoms with van der Waals surface area (Å²) in [5, 5.41) is 0. The van der Waals surface area contributed by atoms with Crippen molar-refractivity contribution in [3.05, 3.63) is 0 Å². The molecule has 1 aliphatic heterocycles. The smallest absolute Gasteiger partial charge is 0.323 e. The average Bonchev–Trinajstić information content (AvgIpc) is 2.65. The van der Waals surface area contributed by atoms with E-state index in [-0.39, 0.29) is 18.1 Å². The molecule has 0 bridgehead atoms. The summed E-state index contributed by atoms with van der Waals surface area (Å²) in [6.45, 7) is 3.87. The fourth-order valence-corrected chi connectivity index (χ4v) is 2.08. The molecular weight excluding hydrogens is 192 g/mol. The number of esters is 1. The first-order valence-electron chi connectivity index (χ1n) is 5.76. The summed E-state index contributed by atoms with van der Waals surface area (Å²) in [4.78, 5) is 13.8. The molecule has 0 aromatic heterocycles. The Morgan fingerprint density at radius 3 is 2.87 bits per heavy atom. The number of rotatable bonds is 5. The maximum absolute atomic E-state index is 11.6. The first kappa shape index (κ1) is 12.5. The van der Waals surface area contributed by atoms with Crippen LogP contribution in [0, 0.1) is 0 Å². The molecule has 2 N–H and O–H groups in total. The van der Waals surface area contributed by atoms with Crippen LogP contribution in [0.1, 0.15) is 32.6 Å². The Hall–Kier alpha value is -0.610. The van der Waals surface area contributed by atoms with E-state index in [9.17, 15) is 4.79 Å². The van der Waals surface area contributed by atoms with Gasteiger partial charge in [-0.3, -0.25) is 9.69 Å². The van der Waals surface area contributed by atoms with Gasteiger partial charge in [-0.1, -0.05) is 19.8 Å². The molecule has 0 amide bonds. The lowest BCUT2D eigenvalue weighted by atomic mass is 10.1. The zero-order valence-corrected chi connectivity index (χ0v) is 9.74. The molecule has 2 unspecified atom stereocenters. The van der Waals surface area contributed by atoms with Crippen LogP contribution >= 0.6 is 0 Å². The Kier molecular flexibility index (Phi) is 5.05. The Balaban J connectivity index is 2.51. The largest absolute Gasteiger partial charge is 0.468 e. The third kappa shape index (κ3) is 3.47. The van der Waals surface area contributed by atoms with Gasteiger partial charge in [0.2, 0.25) is 0 Å². The van der Waals surface area contributed by atoms with Crippen molar-refractivity contribution in [3.8, 4) is 0 Å². The SMILES string of the molecule is CCCCC(C(=O)OC)N1CCC(N)C1. The van der Waals surface area contributed by atoms with Crippen molar-refractivity contribution < 1.29 is 9.53 Å². The number of unbranched alkanes of at least 4 members (excludes halogenated alkanes) is 1. The summed E-state index contributed by atoms with van der Waals surface area (Å²) in [6.07, 6.45) is 4.04. The average molecular weight is 214 g/mol. The minimum atomic E-state index is -0.113. The van der Waals surface area contributed by atoms with Crippen LogP contribution < -0.4 is 5.73 Å². The molecule has 15 heavy (non-hydrogen) atoms. The van der Waals surface area contributed by atoms with Gasteiger partial charge in [0.15, 0.2) is 0 Å². The van der Waals surface area contributed by atoms with E-state index < -0.39 is 0 Å².